The van der Waals surface area contributed by atoms with Gasteiger partial charge in [0.05, 0.1) is 16.4 Å². The number of hydrogen-bond donors (Lipinski definition) is 0. The summed E-state index contributed by atoms with van der Waals surface area (Å²) in [6, 6.07) is 89.4. The summed E-state index contributed by atoms with van der Waals surface area (Å²) in [6.45, 7) is 0. The van der Waals surface area contributed by atoms with Gasteiger partial charge in [0.2, 0.25) is 0 Å². The van der Waals surface area contributed by atoms with Gasteiger partial charge in [0.25, 0.3) is 0 Å². The fraction of sp³-hybridized carbons (Fsp3) is 0.0164. The monoisotopic (exact) mass is 800 g/mol. The van der Waals surface area contributed by atoms with E-state index in [1.165, 1.54) is 88.6 Å². The Morgan fingerprint density at radius 3 is 1.57 bits per heavy atom. The van der Waals surface area contributed by atoms with E-state index in [0.717, 1.165) is 22.7 Å². The molecule has 63 heavy (non-hydrogen) atoms. The normalized spacial score (nSPS) is 12.9. The van der Waals surface area contributed by atoms with Crippen molar-refractivity contribution in [3.63, 3.8) is 0 Å². The lowest BCUT2D eigenvalue weighted by molar-refractivity contribution is 0.794. The van der Waals surface area contributed by atoms with Gasteiger partial charge < -0.3 is 9.47 Å². The van der Waals surface area contributed by atoms with E-state index >= 15 is 0 Å². The Kier molecular flexibility index (Phi) is 7.85. The van der Waals surface area contributed by atoms with E-state index in [1.54, 1.807) is 0 Å². The lowest BCUT2D eigenvalue weighted by Crippen LogP contribution is -2.25. The van der Waals surface area contributed by atoms with Crippen LogP contribution in [0.4, 0.5) is 17.1 Å². The van der Waals surface area contributed by atoms with Crippen molar-refractivity contribution < 1.29 is 0 Å². The fourth-order valence-electron chi connectivity index (χ4n) is 11.0. The molecule has 0 saturated carbocycles. The van der Waals surface area contributed by atoms with E-state index in [9.17, 15) is 0 Å². The topological polar surface area (TPSA) is 8.17 Å². The lowest BCUT2D eigenvalue weighted by Gasteiger charge is -2.30. The van der Waals surface area contributed by atoms with Crippen LogP contribution in [0.2, 0.25) is 0 Å². The number of nitrogens with zero attached hydrogens (tertiary/aromatic N) is 2. The molecule has 11 aromatic rings. The quantitative estimate of drug-likeness (QED) is 0.163. The molecule has 13 rings (SSSR count). The Hall–Kier alpha value is -8.20. The van der Waals surface area contributed by atoms with Crippen molar-refractivity contribution >= 4 is 38.9 Å². The van der Waals surface area contributed by atoms with Crippen LogP contribution in [0.3, 0.4) is 0 Å². The van der Waals surface area contributed by atoms with Crippen LogP contribution in [0, 0.1) is 0 Å². The van der Waals surface area contributed by atoms with Crippen LogP contribution < -0.4 is 4.90 Å². The van der Waals surface area contributed by atoms with Crippen LogP contribution in [-0.2, 0) is 5.41 Å². The summed E-state index contributed by atoms with van der Waals surface area (Å²) in [6.07, 6.45) is 0. The zero-order valence-electron chi connectivity index (χ0n) is 34.5. The van der Waals surface area contributed by atoms with Gasteiger partial charge in [0, 0.05) is 33.5 Å². The van der Waals surface area contributed by atoms with Crippen molar-refractivity contribution in [2.75, 3.05) is 4.90 Å². The van der Waals surface area contributed by atoms with Crippen molar-refractivity contribution in [1.82, 2.24) is 4.57 Å². The highest BCUT2D eigenvalue weighted by atomic mass is 15.1. The highest BCUT2D eigenvalue weighted by Gasteiger charge is 2.51. The molecule has 1 heterocycles. The number of anilines is 3. The second-order valence-corrected chi connectivity index (χ2v) is 16.8. The van der Waals surface area contributed by atoms with Crippen molar-refractivity contribution in [2.45, 2.75) is 5.41 Å². The maximum Gasteiger partial charge on any atom is 0.0725 e. The zero-order chi connectivity index (χ0) is 41.5. The number of benzene rings is 10. The van der Waals surface area contributed by atoms with Crippen molar-refractivity contribution in [1.29, 1.82) is 0 Å². The summed E-state index contributed by atoms with van der Waals surface area (Å²) in [5, 5.41) is 2.48. The second-order valence-electron chi connectivity index (χ2n) is 16.8. The molecule has 0 saturated heterocycles. The van der Waals surface area contributed by atoms with Gasteiger partial charge in [-0.15, -0.1) is 0 Å². The number of fused-ring (bicyclic) bond motifs is 13. The van der Waals surface area contributed by atoms with Crippen molar-refractivity contribution in [3.8, 4) is 50.2 Å². The van der Waals surface area contributed by atoms with Gasteiger partial charge in [0.15, 0.2) is 0 Å². The highest BCUT2D eigenvalue weighted by Crippen LogP contribution is 2.64. The number of para-hydroxylation sites is 2. The minimum absolute atomic E-state index is 0.378. The lowest BCUT2D eigenvalue weighted by atomic mass is 9.70. The summed E-state index contributed by atoms with van der Waals surface area (Å²) < 4.78 is 2.40. The van der Waals surface area contributed by atoms with E-state index in [1.807, 2.05) is 0 Å². The van der Waals surface area contributed by atoms with E-state index < -0.39 is 0 Å². The van der Waals surface area contributed by atoms with E-state index in [2.05, 4.69) is 252 Å². The minimum Gasteiger partial charge on any atom is -0.310 e. The van der Waals surface area contributed by atoms with Gasteiger partial charge in [-0.3, -0.25) is 0 Å². The molecule has 1 aromatic heterocycles. The highest BCUT2D eigenvalue weighted by molar-refractivity contribution is 6.10. The molecule has 2 aliphatic carbocycles. The maximum atomic E-state index is 2.41. The van der Waals surface area contributed by atoms with Crippen LogP contribution >= 0.6 is 0 Å². The van der Waals surface area contributed by atoms with Crippen molar-refractivity contribution in [2.24, 2.45) is 0 Å². The first-order valence-corrected chi connectivity index (χ1v) is 21.8. The third kappa shape index (κ3) is 5.19. The first-order chi connectivity index (χ1) is 31.3. The van der Waals surface area contributed by atoms with Crippen LogP contribution in [0.1, 0.15) is 22.3 Å². The molecule has 2 heteroatoms. The summed E-state index contributed by atoms with van der Waals surface area (Å²) >= 11 is 0. The van der Waals surface area contributed by atoms with E-state index in [4.69, 9.17) is 0 Å². The summed E-state index contributed by atoms with van der Waals surface area (Å²) in [7, 11) is 0. The predicted molar refractivity (Wildman–Crippen MR) is 263 cm³/mol. The molecular weight excluding hydrogens is 761 g/mol. The van der Waals surface area contributed by atoms with Crippen LogP contribution in [0.15, 0.2) is 243 Å². The number of hydrogen-bond acceptors (Lipinski definition) is 1. The van der Waals surface area contributed by atoms with E-state index in [-0.39, 0.29) is 5.41 Å². The van der Waals surface area contributed by atoms with Gasteiger partial charge >= 0.3 is 0 Å². The molecule has 0 N–H and O–H groups in total. The van der Waals surface area contributed by atoms with Gasteiger partial charge in [-0.05, 0) is 121 Å². The molecule has 0 unspecified atom stereocenters. The maximum absolute atomic E-state index is 2.41. The number of rotatable bonds is 6. The molecule has 0 fully saturated rings. The predicted octanol–water partition coefficient (Wildman–Crippen LogP) is 15.9. The molecule has 0 aliphatic heterocycles. The van der Waals surface area contributed by atoms with Gasteiger partial charge in [-0.25, -0.2) is 0 Å². The molecule has 2 aliphatic rings. The second kappa shape index (κ2) is 13.9. The average molecular weight is 801 g/mol. The Morgan fingerprint density at radius 1 is 0.302 bits per heavy atom. The van der Waals surface area contributed by atoms with Crippen LogP contribution in [0.5, 0.6) is 0 Å². The Balaban J connectivity index is 0.992. The smallest absolute Gasteiger partial charge is 0.0725 e. The minimum atomic E-state index is -0.378. The van der Waals surface area contributed by atoms with Gasteiger partial charge in [-0.1, -0.05) is 188 Å². The fourth-order valence-corrected chi connectivity index (χ4v) is 11.0. The summed E-state index contributed by atoms with van der Waals surface area (Å²) in [5.41, 5.74) is 21.9. The number of aromatic nitrogens is 1. The molecule has 294 valence electrons. The molecule has 0 radical (unpaired) electrons. The molecule has 2 nitrogen and oxygen atoms in total. The Labute approximate surface area is 367 Å². The molecule has 10 aromatic carbocycles. The SMILES string of the molecule is c1ccc(-c2cccc(N(c3ccc(-c4cccc5c4-c4ccccc4C54c5ccccc5-c5ccccc54)cc3)c3ccc4c5ccccc5n(-c5ccccc5)c4c3)c2)cc1. The van der Waals surface area contributed by atoms with Crippen molar-refractivity contribution in [3.05, 3.63) is 265 Å². The van der Waals surface area contributed by atoms with Gasteiger partial charge in [0.1, 0.15) is 0 Å². The van der Waals surface area contributed by atoms with E-state index in [0.29, 0.717) is 0 Å². The third-order valence-corrected chi connectivity index (χ3v) is 13.6. The molecule has 0 amide bonds. The van der Waals surface area contributed by atoms with Crippen LogP contribution in [0.25, 0.3) is 72.0 Å². The standard InChI is InChI=1S/C61H40N2/c1-3-17-41(18-4-1)43-19-15-22-46(39-43)62(47-37-38-52-51-25-10-14-32-58(51)63(59(52)40-47)44-20-5-2-6-21-44)45-35-33-42(34-36-45)48-27-16-31-57-60(48)53-26-9-13-30-56(53)61(57)54-28-11-7-23-49(54)50-24-8-12-29-55(50)61/h1-40H. The first-order valence-electron chi connectivity index (χ1n) is 21.8. The molecule has 0 atom stereocenters. The zero-order valence-corrected chi connectivity index (χ0v) is 34.5. The third-order valence-electron chi connectivity index (χ3n) is 13.6. The van der Waals surface area contributed by atoms with Gasteiger partial charge in [-0.2, -0.15) is 0 Å². The average Bonchev–Trinajstić information content (AvgIpc) is 3.97. The molecular formula is C61H40N2. The molecule has 1 spiro atoms. The largest absolute Gasteiger partial charge is 0.310 e. The molecule has 0 bridgehead atoms. The Bertz CT molecular complexity index is 3520. The van der Waals surface area contributed by atoms with Crippen LogP contribution in [-0.4, -0.2) is 4.57 Å². The Morgan fingerprint density at radius 2 is 0.825 bits per heavy atom. The summed E-state index contributed by atoms with van der Waals surface area (Å²) in [4.78, 5) is 2.41. The summed E-state index contributed by atoms with van der Waals surface area (Å²) in [5.74, 6) is 0. The first kappa shape index (κ1) is 35.5.